The molecule has 0 saturated carbocycles. The summed E-state index contributed by atoms with van der Waals surface area (Å²) in [5.41, 5.74) is 0.331. The predicted octanol–water partition coefficient (Wildman–Crippen LogP) is 4.01. The number of benzene rings is 1. The van der Waals surface area contributed by atoms with Crippen LogP contribution in [0.3, 0.4) is 0 Å². The highest BCUT2D eigenvalue weighted by molar-refractivity contribution is 5.90. The van der Waals surface area contributed by atoms with Crippen LogP contribution in [0.5, 0.6) is 11.5 Å². The lowest BCUT2D eigenvalue weighted by molar-refractivity contribution is -0.249. The van der Waals surface area contributed by atoms with Gasteiger partial charge >= 0.3 is 5.97 Å². The Morgan fingerprint density at radius 1 is 1.09 bits per heavy atom. The van der Waals surface area contributed by atoms with Crippen molar-refractivity contribution in [2.75, 3.05) is 20.8 Å². The van der Waals surface area contributed by atoms with Gasteiger partial charge in [0.15, 0.2) is 0 Å². The summed E-state index contributed by atoms with van der Waals surface area (Å²) in [7, 11) is 3.06. The smallest absolute Gasteiger partial charge is 0.373 e. The van der Waals surface area contributed by atoms with Crippen LogP contribution in [0.2, 0.25) is 0 Å². The third-order valence-corrected chi connectivity index (χ3v) is 3.57. The summed E-state index contributed by atoms with van der Waals surface area (Å²) in [6.45, 7) is 4.69. The number of carbonyl (C=O) groups is 1. The lowest BCUT2D eigenvalue weighted by Crippen LogP contribution is -2.13. The third-order valence-electron chi connectivity index (χ3n) is 3.57. The molecule has 1 aromatic rings. The Morgan fingerprint density at radius 2 is 1.73 bits per heavy atom. The maximum Gasteiger partial charge on any atom is 0.373 e. The predicted molar refractivity (Wildman–Crippen MR) is 84.2 cm³/mol. The zero-order valence-corrected chi connectivity index (χ0v) is 13.9. The minimum atomic E-state index is -0.553. The van der Waals surface area contributed by atoms with Gasteiger partial charge in [0.1, 0.15) is 11.5 Å². The number of carbonyl (C=O) groups excluding carboxylic acids is 1. The van der Waals surface area contributed by atoms with Crippen LogP contribution in [0.25, 0.3) is 0 Å². The van der Waals surface area contributed by atoms with Crippen molar-refractivity contribution in [2.24, 2.45) is 5.92 Å². The van der Waals surface area contributed by atoms with Crippen molar-refractivity contribution in [2.45, 2.75) is 39.5 Å². The van der Waals surface area contributed by atoms with E-state index in [-0.39, 0.29) is 0 Å². The van der Waals surface area contributed by atoms with Gasteiger partial charge in [-0.05, 0) is 24.5 Å². The van der Waals surface area contributed by atoms with Gasteiger partial charge in [-0.3, -0.25) is 4.89 Å². The van der Waals surface area contributed by atoms with E-state index in [1.807, 2.05) is 0 Å². The SMILES string of the molecule is CCCCC(CC)COOC(=O)c1cc(OC)cc(OC)c1. The van der Waals surface area contributed by atoms with Gasteiger partial charge in [0.25, 0.3) is 0 Å². The summed E-state index contributed by atoms with van der Waals surface area (Å²) in [4.78, 5) is 22.0. The maximum atomic E-state index is 12.0. The molecule has 124 valence electrons. The molecule has 0 heterocycles. The highest BCUT2D eigenvalue weighted by Crippen LogP contribution is 2.23. The highest BCUT2D eigenvalue weighted by atomic mass is 17.2. The number of rotatable bonds is 10. The van der Waals surface area contributed by atoms with E-state index in [1.165, 1.54) is 14.2 Å². The Morgan fingerprint density at radius 3 is 2.23 bits per heavy atom. The van der Waals surface area contributed by atoms with Crippen molar-refractivity contribution in [3.8, 4) is 11.5 Å². The van der Waals surface area contributed by atoms with E-state index >= 15 is 0 Å². The molecule has 0 radical (unpaired) electrons. The summed E-state index contributed by atoms with van der Waals surface area (Å²) in [5, 5.41) is 0. The van der Waals surface area contributed by atoms with Crippen molar-refractivity contribution < 1.29 is 24.0 Å². The molecular formula is C17H26O5. The fourth-order valence-electron chi connectivity index (χ4n) is 2.06. The third kappa shape index (κ3) is 5.93. The molecule has 0 amide bonds. The second-order valence-corrected chi connectivity index (χ2v) is 5.17. The number of methoxy groups -OCH3 is 2. The number of ether oxygens (including phenoxy) is 2. The number of hydrogen-bond donors (Lipinski definition) is 0. The highest BCUT2D eigenvalue weighted by Gasteiger charge is 2.14. The number of unbranched alkanes of at least 4 members (excludes halogenated alkanes) is 1. The van der Waals surface area contributed by atoms with Crippen molar-refractivity contribution in [1.29, 1.82) is 0 Å². The second kappa shape index (κ2) is 10.1. The molecule has 0 fully saturated rings. The second-order valence-electron chi connectivity index (χ2n) is 5.17. The fourth-order valence-corrected chi connectivity index (χ4v) is 2.06. The van der Waals surface area contributed by atoms with Gasteiger partial charge < -0.3 is 9.47 Å². The van der Waals surface area contributed by atoms with E-state index < -0.39 is 5.97 Å². The molecule has 22 heavy (non-hydrogen) atoms. The quantitative estimate of drug-likeness (QED) is 0.483. The van der Waals surface area contributed by atoms with Crippen molar-refractivity contribution in [3.05, 3.63) is 23.8 Å². The normalized spacial score (nSPS) is 11.8. The monoisotopic (exact) mass is 310 g/mol. The molecule has 1 unspecified atom stereocenters. The van der Waals surface area contributed by atoms with Crippen LogP contribution >= 0.6 is 0 Å². The van der Waals surface area contributed by atoms with E-state index in [1.54, 1.807) is 18.2 Å². The molecule has 0 aliphatic rings. The molecule has 1 atom stereocenters. The van der Waals surface area contributed by atoms with E-state index in [2.05, 4.69) is 13.8 Å². The van der Waals surface area contributed by atoms with Gasteiger partial charge in [0, 0.05) is 6.07 Å². The first-order valence-corrected chi connectivity index (χ1v) is 7.71. The van der Waals surface area contributed by atoms with Crippen LogP contribution < -0.4 is 9.47 Å². The van der Waals surface area contributed by atoms with Crippen LogP contribution in [0, 0.1) is 5.92 Å². The van der Waals surface area contributed by atoms with E-state index in [0.717, 1.165) is 25.7 Å². The topological polar surface area (TPSA) is 54.0 Å². The summed E-state index contributed by atoms with van der Waals surface area (Å²) in [6, 6.07) is 4.86. The molecule has 0 aromatic heterocycles. The maximum absolute atomic E-state index is 12.0. The summed E-state index contributed by atoms with van der Waals surface area (Å²) in [6.07, 6.45) is 4.39. The van der Waals surface area contributed by atoms with Gasteiger partial charge in [-0.2, -0.15) is 4.89 Å². The Labute approximate surface area is 132 Å². The Hall–Kier alpha value is -1.75. The van der Waals surface area contributed by atoms with Gasteiger partial charge in [-0.25, -0.2) is 4.79 Å². The first-order chi connectivity index (χ1) is 10.6. The van der Waals surface area contributed by atoms with E-state index in [9.17, 15) is 4.79 Å². The van der Waals surface area contributed by atoms with Crippen LogP contribution in [0.1, 0.15) is 49.9 Å². The van der Waals surface area contributed by atoms with Gasteiger partial charge in [-0.15, -0.1) is 0 Å². The van der Waals surface area contributed by atoms with Crippen LogP contribution in [0.15, 0.2) is 18.2 Å². The Balaban J connectivity index is 2.54. The van der Waals surface area contributed by atoms with Crippen molar-refractivity contribution >= 4 is 5.97 Å². The summed E-state index contributed by atoms with van der Waals surface area (Å²) >= 11 is 0. The Kier molecular flexibility index (Phi) is 8.36. The minimum Gasteiger partial charge on any atom is -0.497 e. The molecule has 1 rings (SSSR count). The van der Waals surface area contributed by atoms with Gasteiger partial charge in [0.05, 0.1) is 26.4 Å². The Bertz CT molecular complexity index is 436. The first-order valence-electron chi connectivity index (χ1n) is 7.71. The van der Waals surface area contributed by atoms with Crippen LogP contribution in [-0.4, -0.2) is 26.8 Å². The van der Waals surface area contributed by atoms with Crippen LogP contribution in [-0.2, 0) is 9.78 Å². The average molecular weight is 310 g/mol. The lowest BCUT2D eigenvalue weighted by Gasteiger charge is -2.13. The number of hydrogen-bond acceptors (Lipinski definition) is 5. The molecule has 5 nitrogen and oxygen atoms in total. The van der Waals surface area contributed by atoms with E-state index in [4.69, 9.17) is 19.2 Å². The van der Waals surface area contributed by atoms with Gasteiger partial charge in [-0.1, -0.05) is 33.1 Å². The molecule has 0 bridgehead atoms. The summed E-state index contributed by atoms with van der Waals surface area (Å²) < 4.78 is 10.2. The molecule has 0 saturated heterocycles. The molecular weight excluding hydrogens is 284 g/mol. The molecule has 0 aliphatic heterocycles. The lowest BCUT2D eigenvalue weighted by atomic mass is 10.0. The zero-order chi connectivity index (χ0) is 16.4. The molecule has 0 N–H and O–H groups in total. The fraction of sp³-hybridized carbons (Fsp3) is 0.588. The zero-order valence-electron chi connectivity index (χ0n) is 13.9. The molecule has 5 heteroatoms. The van der Waals surface area contributed by atoms with Crippen molar-refractivity contribution in [3.63, 3.8) is 0 Å². The molecule has 1 aromatic carbocycles. The van der Waals surface area contributed by atoms with Crippen molar-refractivity contribution in [1.82, 2.24) is 0 Å². The molecule has 0 aliphatic carbocycles. The first kappa shape index (κ1) is 18.3. The minimum absolute atomic E-state index is 0.331. The van der Waals surface area contributed by atoms with Gasteiger partial charge in [0.2, 0.25) is 0 Å². The largest absolute Gasteiger partial charge is 0.497 e. The standard InChI is InChI=1S/C17H26O5/c1-5-7-8-13(6-2)12-21-22-17(18)14-9-15(19-3)11-16(10-14)20-4/h9-11,13H,5-8,12H2,1-4H3. The van der Waals surface area contributed by atoms with Crippen LogP contribution in [0.4, 0.5) is 0 Å². The molecule has 0 spiro atoms. The van der Waals surface area contributed by atoms with E-state index in [0.29, 0.717) is 29.6 Å². The average Bonchev–Trinajstić information content (AvgIpc) is 2.57. The summed E-state index contributed by atoms with van der Waals surface area (Å²) in [5.74, 6) is 0.913.